The van der Waals surface area contributed by atoms with Gasteiger partial charge < -0.3 is 15.4 Å². The van der Waals surface area contributed by atoms with Crippen molar-refractivity contribution in [1.29, 1.82) is 0 Å². The fourth-order valence-corrected chi connectivity index (χ4v) is 2.24. The van der Waals surface area contributed by atoms with Crippen LogP contribution in [-0.4, -0.2) is 21.7 Å². The molecule has 0 aliphatic rings. The number of para-hydroxylation sites is 2. The van der Waals surface area contributed by atoms with Gasteiger partial charge in [0, 0.05) is 5.02 Å². The van der Waals surface area contributed by atoms with E-state index in [9.17, 15) is 5.11 Å². The number of hydrogen-bond donors (Lipinski definition) is 3. The molecule has 1 aromatic heterocycles. The minimum absolute atomic E-state index is 0.0291. The van der Waals surface area contributed by atoms with E-state index < -0.39 is 0 Å². The van der Waals surface area contributed by atoms with Gasteiger partial charge >= 0.3 is 0 Å². The zero-order chi connectivity index (χ0) is 13.9. The van der Waals surface area contributed by atoms with E-state index in [-0.39, 0.29) is 12.6 Å². The highest BCUT2D eigenvalue weighted by Gasteiger charge is 2.12. The van der Waals surface area contributed by atoms with Gasteiger partial charge in [0.2, 0.25) is 5.95 Å². The summed E-state index contributed by atoms with van der Waals surface area (Å²) < 4.78 is 0. The molecule has 0 fully saturated rings. The third-order valence-corrected chi connectivity index (χ3v) is 3.41. The SMILES string of the molecule is OCC(Nc1nc2ccccc2[nH]1)c1ccc(Cl)cc1. The van der Waals surface area contributed by atoms with Gasteiger partial charge in [0.25, 0.3) is 0 Å². The van der Waals surface area contributed by atoms with Crippen LogP contribution in [0.2, 0.25) is 5.02 Å². The fraction of sp³-hybridized carbons (Fsp3) is 0.133. The standard InChI is InChI=1S/C15H14ClN3O/c16-11-7-5-10(6-8-11)14(9-20)19-15-17-12-3-1-2-4-13(12)18-15/h1-8,14,20H,9H2,(H2,17,18,19). The van der Waals surface area contributed by atoms with Crippen molar-refractivity contribution in [3.63, 3.8) is 0 Å². The van der Waals surface area contributed by atoms with Crippen molar-refractivity contribution in [2.45, 2.75) is 6.04 Å². The van der Waals surface area contributed by atoms with Crippen LogP contribution in [0.3, 0.4) is 0 Å². The Hall–Kier alpha value is -2.04. The van der Waals surface area contributed by atoms with Crippen molar-refractivity contribution in [3.05, 3.63) is 59.1 Å². The molecule has 0 aliphatic heterocycles. The number of nitrogens with one attached hydrogen (secondary N) is 2. The molecular formula is C15H14ClN3O. The third-order valence-electron chi connectivity index (χ3n) is 3.16. The summed E-state index contributed by atoms with van der Waals surface area (Å²) in [4.78, 5) is 7.62. The summed E-state index contributed by atoms with van der Waals surface area (Å²) in [7, 11) is 0. The molecule has 1 unspecified atom stereocenters. The van der Waals surface area contributed by atoms with Crippen molar-refractivity contribution in [3.8, 4) is 0 Å². The van der Waals surface area contributed by atoms with Gasteiger partial charge in [-0.05, 0) is 29.8 Å². The van der Waals surface area contributed by atoms with Crippen LogP contribution in [0.4, 0.5) is 5.95 Å². The van der Waals surface area contributed by atoms with E-state index >= 15 is 0 Å². The Labute approximate surface area is 121 Å². The number of aromatic nitrogens is 2. The van der Waals surface area contributed by atoms with Crippen molar-refractivity contribution in [1.82, 2.24) is 9.97 Å². The number of fused-ring (bicyclic) bond motifs is 1. The highest BCUT2D eigenvalue weighted by molar-refractivity contribution is 6.30. The normalized spacial score (nSPS) is 12.5. The van der Waals surface area contributed by atoms with Gasteiger partial charge in [-0.15, -0.1) is 0 Å². The number of benzene rings is 2. The van der Waals surface area contributed by atoms with Crippen molar-refractivity contribution >= 4 is 28.6 Å². The topological polar surface area (TPSA) is 60.9 Å². The third kappa shape index (κ3) is 2.61. The van der Waals surface area contributed by atoms with Crippen LogP contribution in [0.15, 0.2) is 48.5 Å². The number of nitrogens with zero attached hydrogens (tertiary/aromatic N) is 1. The number of aliphatic hydroxyl groups excluding tert-OH is 1. The second-order valence-electron chi connectivity index (χ2n) is 4.53. The maximum atomic E-state index is 9.55. The van der Waals surface area contributed by atoms with Gasteiger partial charge in [-0.3, -0.25) is 0 Å². The largest absolute Gasteiger partial charge is 0.394 e. The van der Waals surface area contributed by atoms with Gasteiger partial charge in [-0.2, -0.15) is 0 Å². The van der Waals surface area contributed by atoms with Crippen molar-refractivity contribution < 1.29 is 5.11 Å². The van der Waals surface area contributed by atoms with E-state index in [0.717, 1.165) is 16.6 Å². The molecule has 0 bridgehead atoms. The lowest BCUT2D eigenvalue weighted by molar-refractivity contribution is 0.276. The molecule has 2 aromatic carbocycles. The van der Waals surface area contributed by atoms with E-state index in [4.69, 9.17) is 11.6 Å². The van der Waals surface area contributed by atoms with Crippen LogP contribution >= 0.6 is 11.6 Å². The maximum absolute atomic E-state index is 9.55. The van der Waals surface area contributed by atoms with Crippen molar-refractivity contribution in [2.75, 3.05) is 11.9 Å². The fourth-order valence-electron chi connectivity index (χ4n) is 2.12. The summed E-state index contributed by atoms with van der Waals surface area (Å²) in [6, 6.07) is 14.9. The van der Waals surface area contributed by atoms with E-state index in [2.05, 4.69) is 15.3 Å². The van der Waals surface area contributed by atoms with Gasteiger partial charge in [-0.25, -0.2) is 4.98 Å². The molecule has 0 spiro atoms. The molecule has 5 heteroatoms. The lowest BCUT2D eigenvalue weighted by Gasteiger charge is -2.15. The second-order valence-corrected chi connectivity index (χ2v) is 4.97. The number of halogens is 1. The number of aliphatic hydroxyl groups is 1. The van der Waals surface area contributed by atoms with Gasteiger partial charge in [0.1, 0.15) is 0 Å². The van der Waals surface area contributed by atoms with Gasteiger partial charge in [0.05, 0.1) is 23.7 Å². The first kappa shape index (κ1) is 13.0. The predicted molar refractivity (Wildman–Crippen MR) is 81.0 cm³/mol. The Morgan fingerprint density at radius 1 is 1.15 bits per heavy atom. The molecule has 3 N–H and O–H groups in total. The Kier molecular flexibility index (Phi) is 3.58. The highest BCUT2D eigenvalue weighted by atomic mass is 35.5. The lowest BCUT2D eigenvalue weighted by Crippen LogP contribution is -2.15. The predicted octanol–water partition coefficient (Wildman–Crippen LogP) is 3.36. The first-order valence-corrected chi connectivity index (χ1v) is 6.71. The van der Waals surface area contributed by atoms with Crippen LogP contribution in [0, 0.1) is 0 Å². The summed E-state index contributed by atoms with van der Waals surface area (Å²) in [6.07, 6.45) is 0. The zero-order valence-electron chi connectivity index (χ0n) is 10.7. The van der Waals surface area contributed by atoms with E-state index in [1.165, 1.54) is 0 Å². The number of hydrogen-bond acceptors (Lipinski definition) is 3. The first-order valence-electron chi connectivity index (χ1n) is 6.34. The Morgan fingerprint density at radius 3 is 2.60 bits per heavy atom. The van der Waals surface area contributed by atoms with Crippen LogP contribution < -0.4 is 5.32 Å². The van der Waals surface area contributed by atoms with E-state index in [0.29, 0.717) is 11.0 Å². The highest BCUT2D eigenvalue weighted by Crippen LogP contribution is 2.21. The molecule has 102 valence electrons. The molecular weight excluding hydrogens is 274 g/mol. The smallest absolute Gasteiger partial charge is 0.201 e. The first-order chi connectivity index (χ1) is 9.76. The summed E-state index contributed by atoms with van der Waals surface area (Å²) >= 11 is 5.87. The second kappa shape index (κ2) is 5.53. The molecule has 0 amide bonds. The molecule has 3 rings (SSSR count). The van der Waals surface area contributed by atoms with E-state index in [1.807, 2.05) is 36.4 Å². The number of anilines is 1. The van der Waals surface area contributed by atoms with Crippen LogP contribution in [-0.2, 0) is 0 Å². The molecule has 4 nitrogen and oxygen atoms in total. The van der Waals surface area contributed by atoms with Crippen molar-refractivity contribution in [2.24, 2.45) is 0 Å². The van der Waals surface area contributed by atoms with Gasteiger partial charge in [-0.1, -0.05) is 35.9 Å². The molecule has 20 heavy (non-hydrogen) atoms. The molecule has 0 radical (unpaired) electrons. The molecule has 0 saturated heterocycles. The molecule has 1 heterocycles. The average molecular weight is 288 g/mol. The summed E-state index contributed by atoms with van der Waals surface area (Å²) in [5, 5.41) is 13.4. The van der Waals surface area contributed by atoms with Gasteiger partial charge in [0.15, 0.2) is 0 Å². The minimum atomic E-state index is -0.229. The number of aromatic amines is 1. The van der Waals surface area contributed by atoms with E-state index in [1.54, 1.807) is 12.1 Å². The number of rotatable bonds is 4. The Balaban J connectivity index is 1.85. The zero-order valence-corrected chi connectivity index (χ0v) is 11.4. The number of H-pyrrole nitrogens is 1. The van der Waals surface area contributed by atoms with Crippen LogP contribution in [0.5, 0.6) is 0 Å². The quantitative estimate of drug-likeness (QED) is 0.689. The Morgan fingerprint density at radius 2 is 1.90 bits per heavy atom. The minimum Gasteiger partial charge on any atom is -0.394 e. The molecule has 1 atom stereocenters. The molecule has 0 aliphatic carbocycles. The monoisotopic (exact) mass is 287 g/mol. The number of imidazole rings is 1. The summed E-state index contributed by atoms with van der Waals surface area (Å²) in [6.45, 7) is -0.0291. The Bertz CT molecular complexity index is 675. The molecule has 0 saturated carbocycles. The molecule has 3 aromatic rings. The van der Waals surface area contributed by atoms with Crippen LogP contribution in [0.1, 0.15) is 11.6 Å². The lowest BCUT2D eigenvalue weighted by atomic mass is 10.1. The maximum Gasteiger partial charge on any atom is 0.201 e. The van der Waals surface area contributed by atoms with Crippen LogP contribution in [0.25, 0.3) is 11.0 Å². The average Bonchev–Trinajstić information content (AvgIpc) is 2.88. The summed E-state index contributed by atoms with van der Waals surface area (Å²) in [5.41, 5.74) is 2.81. The summed E-state index contributed by atoms with van der Waals surface area (Å²) in [5.74, 6) is 0.639.